The number of carbonyl (C=O) groups excluding carboxylic acids is 1. The van der Waals surface area contributed by atoms with E-state index in [1.54, 1.807) is 6.92 Å². The van der Waals surface area contributed by atoms with Crippen LogP contribution in [-0.2, 0) is 11.3 Å². The predicted molar refractivity (Wildman–Crippen MR) is 90.5 cm³/mol. The van der Waals surface area contributed by atoms with E-state index >= 15 is 0 Å². The van der Waals surface area contributed by atoms with E-state index in [1.807, 2.05) is 0 Å². The number of fused-ring (bicyclic) bond motifs is 1. The van der Waals surface area contributed by atoms with Crippen LogP contribution in [-0.4, -0.2) is 28.7 Å². The number of carbonyl (C=O) groups is 1. The Morgan fingerprint density at radius 2 is 2.15 bits per heavy atom. The Morgan fingerprint density at radius 1 is 1.50 bits per heavy atom. The fourth-order valence-electron chi connectivity index (χ4n) is 2.70. The summed E-state index contributed by atoms with van der Waals surface area (Å²) >= 11 is 5.78. The molecule has 0 atom stereocenters. The molecule has 0 amide bonds. The summed E-state index contributed by atoms with van der Waals surface area (Å²) in [5.41, 5.74) is -2.38. The molecular weight excluding hydrogens is 371 g/mol. The van der Waals surface area contributed by atoms with Crippen molar-refractivity contribution in [2.45, 2.75) is 32.4 Å². The maximum absolute atomic E-state index is 14.5. The maximum atomic E-state index is 14.5. The smallest absolute Gasteiger partial charge is 0.343 e. The molecule has 10 heteroatoms. The number of hydrogen-bond donors (Lipinski definition) is 0. The molecule has 138 valence electrons. The summed E-state index contributed by atoms with van der Waals surface area (Å²) in [5.74, 6) is -2.43. The highest BCUT2D eigenvalue weighted by atomic mass is 35.5. The van der Waals surface area contributed by atoms with Crippen molar-refractivity contribution in [1.82, 2.24) is 4.57 Å². The number of esters is 1. The number of pyridine rings is 1. The van der Waals surface area contributed by atoms with E-state index in [9.17, 15) is 24.1 Å². The predicted octanol–water partition coefficient (Wildman–Crippen LogP) is 3.05. The lowest BCUT2D eigenvalue weighted by Crippen LogP contribution is -2.22. The molecule has 1 aromatic carbocycles. The van der Waals surface area contributed by atoms with Gasteiger partial charge in [-0.1, -0.05) is 11.6 Å². The van der Waals surface area contributed by atoms with Crippen LogP contribution in [0, 0.1) is 15.9 Å². The summed E-state index contributed by atoms with van der Waals surface area (Å²) in [6.07, 6.45) is 2.34. The third kappa shape index (κ3) is 2.78. The second kappa shape index (κ2) is 6.56. The fraction of sp³-hybridized carbons (Fsp3) is 0.375. The first-order valence-corrected chi connectivity index (χ1v) is 8.17. The third-order valence-corrected chi connectivity index (χ3v) is 4.42. The quantitative estimate of drug-likeness (QED) is 0.446. The molecule has 1 heterocycles. The van der Waals surface area contributed by atoms with Gasteiger partial charge in [-0.05, 0) is 19.8 Å². The number of hydrogen-bond acceptors (Lipinski definition) is 6. The lowest BCUT2D eigenvalue weighted by atomic mass is 10.1. The van der Waals surface area contributed by atoms with Crippen LogP contribution in [0.5, 0.6) is 5.75 Å². The van der Waals surface area contributed by atoms with Crippen molar-refractivity contribution in [3.63, 3.8) is 0 Å². The third-order valence-electron chi connectivity index (χ3n) is 4.08. The molecule has 0 unspecified atom stereocenters. The average Bonchev–Trinajstić information content (AvgIpc) is 3.40. The summed E-state index contributed by atoms with van der Waals surface area (Å²) in [5, 5.41) is 10.1. The van der Waals surface area contributed by atoms with E-state index in [1.165, 1.54) is 10.8 Å². The normalized spacial score (nSPS) is 13.7. The van der Waals surface area contributed by atoms with E-state index < -0.39 is 44.0 Å². The molecule has 0 N–H and O–H groups in total. The molecule has 1 aliphatic carbocycles. The molecule has 8 nitrogen and oxygen atoms in total. The van der Waals surface area contributed by atoms with Gasteiger partial charge in [0.25, 0.3) is 0 Å². The standard InChI is InChI=1S/C16H14ClFN2O6/c1-3-19-6-8(16(22)26-7-4-5-7)14(21)9-12(20(23)24)10(17)11(18)15(25-2)13(9)19/h6-7H,3-5H2,1-2H3. The molecule has 0 saturated heterocycles. The number of benzene rings is 1. The highest BCUT2D eigenvalue weighted by Crippen LogP contribution is 2.41. The van der Waals surface area contributed by atoms with Gasteiger partial charge in [0.15, 0.2) is 16.6 Å². The first-order valence-electron chi connectivity index (χ1n) is 7.79. The molecular formula is C16H14ClFN2O6. The molecule has 0 bridgehead atoms. The van der Waals surface area contributed by atoms with Crippen LogP contribution < -0.4 is 10.2 Å². The van der Waals surface area contributed by atoms with Crippen molar-refractivity contribution in [1.29, 1.82) is 0 Å². The second-order valence-corrected chi connectivity index (χ2v) is 6.13. The Bertz CT molecular complexity index is 999. The van der Waals surface area contributed by atoms with Crippen LogP contribution in [0.4, 0.5) is 10.1 Å². The first-order chi connectivity index (χ1) is 12.3. The number of ether oxygens (including phenoxy) is 2. The van der Waals surface area contributed by atoms with E-state index in [0.717, 1.165) is 7.11 Å². The Hall–Kier alpha value is -2.68. The number of methoxy groups -OCH3 is 1. The Balaban J connectivity index is 2.46. The second-order valence-electron chi connectivity index (χ2n) is 5.75. The van der Waals surface area contributed by atoms with E-state index in [-0.39, 0.29) is 23.7 Å². The summed E-state index contributed by atoms with van der Waals surface area (Å²) in [6.45, 7) is 1.85. The molecule has 2 aromatic rings. The van der Waals surface area contributed by atoms with Gasteiger partial charge in [0.1, 0.15) is 22.6 Å². The molecule has 3 rings (SSSR count). The summed E-state index contributed by atoms with van der Waals surface area (Å²) < 4.78 is 25.9. The first kappa shape index (κ1) is 18.1. The summed E-state index contributed by atoms with van der Waals surface area (Å²) in [6, 6.07) is 0. The largest absolute Gasteiger partial charge is 0.491 e. The van der Waals surface area contributed by atoms with E-state index in [2.05, 4.69) is 0 Å². The van der Waals surface area contributed by atoms with Gasteiger partial charge >= 0.3 is 11.7 Å². The van der Waals surface area contributed by atoms with Crippen LogP contribution in [0.2, 0.25) is 5.02 Å². The molecule has 1 fully saturated rings. The summed E-state index contributed by atoms with van der Waals surface area (Å²) in [4.78, 5) is 35.6. The van der Waals surface area contributed by atoms with Crippen molar-refractivity contribution in [2.75, 3.05) is 7.11 Å². The average molecular weight is 385 g/mol. The number of aryl methyl sites for hydroxylation is 1. The number of halogens is 2. The van der Waals surface area contributed by atoms with Gasteiger partial charge in [0.05, 0.1) is 12.0 Å². The van der Waals surface area contributed by atoms with Crippen LogP contribution >= 0.6 is 11.6 Å². The van der Waals surface area contributed by atoms with Gasteiger partial charge in [0, 0.05) is 12.7 Å². The molecule has 26 heavy (non-hydrogen) atoms. The van der Waals surface area contributed by atoms with Crippen molar-refractivity contribution in [2.24, 2.45) is 0 Å². The zero-order valence-electron chi connectivity index (χ0n) is 13.9. The monoisotopic (exact) mass is 384 g/mol. The number of aromatic nitrogens is 1. The van der Waals surface area contributed by atoms with E-state index in [4.69, 9.17) is 21.1 Å². The van der Waals surface area contributed by atoms with Crippen LogP contribution in [0.25, 0.3) is 10.9 Å². The highest BCUT2D eigenvalue weighted by Gasteiger charge is 2.34. The van der Waals surface area contributed by atoms with Gasteiger partial charge in [-0.2, -0.15) is 0 Å². The lowest BCUT2D eigenvalue weighted by molar-refractivity contribution is -0.383. The zero-order chi connectivity index (χ0) is 19.2. The van der Waals surface area contributed by atoms with Gasteiger partial charge in [-0.25, -0.2) is 9.18 Å². The number of nitro groups is 1. The topological polar surface area (TPSA) is 101 Å². The molecule has 0 spiro atoms. The van der Waals surface area contributed by atoms with Crippen molar-refractivity contribution in [3.05, 3.63) is 42.9 Å². The van der Waals surface area contributed by atoms with Gasteiger partial charge < -0.3 is 14.0 Å². The van der Waals surface area contributed by atoms with Crippen molar-refractivity contribution >= 4 is 34.2 Å². The van der Waals surface area contributed by atoms with Crippen LogP contribution in [0.1, 0.15) is 30.1 Å². The number of nitrogens with zero attached hydrogens (tertiary/aromatic N) is 2. The van der Waals surface area contributed by atoms with Crippen LogP contribution in [0.15, 0.2) is 11.0 Å². The van der Waals surface area contributed by atoms with Gasteiger partial charge in [-0.3, -0.25) is 14.9 Å². The van der Waals surface area contributed by atoms with E-state index in [0.29, 0.717) is 12.8 Å². The van der Waals surface area contributed by atoms with Crippen molar-refractivity contribution < 1.29 is 23.6 Å². The SMILES string of the molecule is CCn1cc(C(=O)OC2CC2)c(=O)c2c([N+](=O)[O-])c(Cl)c(F)c(OC)c21. The Labute approximate surface area is 151 Å². The molecule has 0 aliphatic heterocycles. The minimum absolute atomic E-state index is 0.142. The molecule has 0 radical (unpaired) electrons. The van der Waals surface area contributed by atoms with Gasteiger partial charge in [-0.15, -0.1) is 0 Å². The minimum Gasteiger partial charge on any atom is -0.491 e. The minimum atomic E-state index is -1.15. The highest BCUT2D eigenvalue weighted by molar-refractivity contribution is 6.34. The lowest BCUT2D eigenvalue weighted by Gasteiger charge is -2.15. The number of nitro benzene ring substituents is 1. The van der Waals surface area contributed by atoms with Crippen LogP contribution in [0.3, 0.4) is 0 Å². The molecule has 1 aliphatic rings. The number of rotatable bonds is 5. The Kier molecular flexibility index (Phi) is 4.57. The maximum Gasteiger partial charge on any atom is 0.343 e. The molecule has 1 saturated carbocycles. The fourth-order valence-corrected chi connectivity index (χ4v) is 2.95. The van der Waals surface area contributed by atoms with Gasteiger partial charge in [0.2, 0.25) is 5.43 Å². The van der Waals surface area contributed by atoms with Crippen molar-refractivity contribution in [3.8, 4) is 5.75 Å². The molecule has 1 aromatic heterocycles. The Morgan fingerprint density at radius 3 is 2.65 bits per heavy atom. The summed E-state index contributed by atoms with van der Waals surface area (Å²) in [7, 11) is 1.15. The zero-order valence-corrected chi connectivity index (χ0v) is 14.6.